The van der Waals surface area contributed by atoms with Crippen molar-refractivity contribution in [2.24, 2.45) is 0 Å². The second kappa shape index (κ2) is 8.64. The first-order valence-corrected chi connectivity index (χ1v) is 8.99. The van der Waals surface area contributed by atoms with E-state index in [9.17, 15) is 18.4 Å². The molecule has 2 aromatic carbocycles. The van der Waals surface area contributed by atoms with Crippen molar-refractivity contribution in [2.75, 3.05) is 10.6 Å². The van der Waals surface area contributed by atoms with Gasteiger partial charge in [0, 0.05) is 30.5 Å². The SMILES string of the molecule is Cc1cc(F)ccc1NC(=O)CCn1ccc(C(=O)Nc2ccc(F)cc2C)n1. The minimum Gasteiger partial charge on any atom is -0.326 e. The van der Waals surface area contributed by atoms with E-state index in [-0.39, 0.29) is 36.2 Å². The Hall–Kier alpha value is -3.55. The van der Waals surface area contributed by atoms with Gasteiger partial charge in [-0.1, -0.05) is 0 Å². The summed E-state index contributed by atoms with van der Waals surface area (Å²) in [5, 5.41) is 9.57. The van der Waals surface area contributed by atoms with Gasteiger partial charge in [-0.3, -0.25) is 14.3 Å². The Morgan fingerprint density at radius 3 is 2.10 bits per heavy atom. The summed E-state index contributed by atoms with van der Waals surface area (Å²) >= 11 is 0. The molecule has 0 saturated carbocycles. The predicted molar refractivity (Wildman–Crippen MR) is 106 cm³/mol. The summed E-state index contributed by atoms with van der Waals surface area (Å²) in [7, 11) is 0. The summed E-state index contributed by atoms with van der Waals surface area (Å²) in [5.41, 5.74) is 2.47. The average Bonchev–Trinajstić information content (AvgIpc) is 3.14. The summed E-state index contributed by atoms with van der Waals surface area (Å²) in [6.07, 6.45) is 1.74. The van der Waals surface area contributed by atoms with Gasteiger partial charge >= 0.3 is 0 Å². The number of anilines is 2. The van der Waals surface area contributed by atoms with Gasteiger partial charge in [0.05, 0.1) is 0 Å². The number of nitrogens with one attached hydrogen (secondary N) is 2. The molecule has 0 atom stereocenters. The minimum absolute atomic E-state index is 0.136. The van der Waals surface area contributed by atoms with Crippen LogP contribution in [0.25, 0.3) is 0 Å². The summed E-state index contributed by atoms with van der Waals surface area (Å²) in [6.45, 7) is 3.67. The van der Waals surface area contributed by atoms with E-state index in [1.54, 1.807) is 20.0 Å². The van der Waals surface area contributed by atoms with Crippen LogP contribution in [0, 0.1) is 25.5 Å². The van der Waals surface area contributed by atoms with Gasteiger partial charge < -0.3 is 10.6 Å². The van der Waals surface area contributed by atoms with Crippen molar-refractivity contribution < 1.29 is 18.4 Å². The molecule has 0 unspecified atom stereocenters. The highest BCUT2D eigenvalue weighted by Crippen LogP contribution is 2.17. The number of halogens is 2. The number of carbonyl (C=O) groups excluding carboxylic acids is 2. The molecule has 1 heterocycles. The lowest BCUT2D eigenvalue weighted by atomic mass is 10.2. The lowest BCUT2D eigenvalue weighted by molar-refractivity contribution is -0.116. The Morgan fingerprint density at radius 2 is 1.52 bits per heavy atom. The Kier molecular flexibility index (Phi) is 6.01. The topological polar surface area (TPSA) is 76.0 Å². The lowest BCUT2D eigenvalue weighted by Crippen LogP contribution is -2.17. The van der Waals surface area contributed by atoms with E-state index in [0.717, 1.165) is 0 Å². The number of nitrogens with zero attached hydrogens (tertiary/aromatic N) is 2. The minimum atomic E-state index is -0.426. The number of benzene rings is 2. The number of aromatic nitrogens is 2. The molecule has 0 saturated heterocycles. The highest BCUT2D eigenvalue weighted by atomic mass is 19.1. The van der Waals surface area contributed by atoms with Crippen molar-refractivity contribution in [2.45, 2.75) is 26.8 Å². The molecule has 0 radical (unpaired) electrons. The van der Waals surface area contributed by atoms with Crippen LogP contribution in [0.4, 0.5) is 20.2 Å². The lowest BCUT2D eigenvalue weighted by Gasteiger charge is -2.08. The fraction of sp³-hybridized carbons (Fsp3) is 0.190. The first kappa shape index (κ1) is 20.2. The second-order valence-corrected chi connectivity index (χ2v) is 6.63. The zero-order chi connectivity index (χ0) is 21.0. The van der Waals surface area contributed by atoms with Crippen molar-refractivity contribution in [3.63, 3.8) is 0 Å². The van der Waals surface area contributed by atoms with Crippen LogP contribution in [-0.2, 0) is 11.3 Å². The maximum absolute atomic E-state index is 13.2. The molecule has 0 aliphatic heterocycles. The number of hydrogen-bond acceptors (Lipinski definition) is 3. The molecule has 0 fully saturated rings. The number of rotatable bonds is 6. The van der Waals surface area contributed by atoms with E-state index >= 15 is 0 Å². The van der Waals surface area contributed by atoms with Gasteiger partial charge in [0.2, 0.25) is 5.91 Å². The van der Waals surface area contributed by atoms with Crippen LogP contribution in [0.2, 0.25) is 0 Å². The molecule has 3 aromatic rings. The Morgan fingerprint density at radius 1 is 0.931 bits per heavy atom. The van der Waals surface area contributed by atoms with E-state index in [0.29, 0.717) is 22.5 Å². The first-order valence-electron chi connectivity index (χ1n) is 8.99. The molecule has 3 rings (SSSR count). The smallest absolute Gasteiger partial charge is 0.276 e. The van der Waals surface area contributed by atoms with Crippen LogP contribution in [0.15, 0.2) is 48.7 Å². The summed E-state index contributed by atoms with van der Waals surface area (Å²) < 4.78 is 27.8. The molecule has 8 heteroatoms. The summed E-state index contributed by atoms with van der Waals surface area (Å²) in [6, 6.07) is 9.76. The van der Waals surface area contributed by atoms with Crippen LogP contribution in [-0.4, -0.2) is 21.6 Å². The normalized spacial score (nSPS) is 10.6. The van der Waals surface area contributed by atoms with Crippen LogP contribution < -0.4 is 10.6 Å². The third-order valence-corrected chi connectivity index (χ3v) is 4.34. The molecule has 2 amide bonds. The third kappa shape index (κ3) is 5.25. The number of hydrogen-bond donors (Lipinski definition) is 2. The van der Waals surface area contributed by atoms with Crippen molar-refractivity contribution in [3.05, 3.63) is 77.1 Å². The van der Waals surface area contributed by atoms with E-state index < -0.39 is 5.91 Å². The van der Waals surface area contributed by atoms with Gasteiger partial charge in [0.15, 0.2) is 5.69 Å². The molecule has 2 N–H and O–H groups in total. The van der Waals surface area contributed by atoms with Gasteiger partial charge in [-0.2, -0.15) is 5.10 Å². The molecule has 0 spiro atoms. The van der Waals surface area contributed by atoms with Crippen LogP contribution in [0.5, 0.6) is 0 Å². The highest BCUT2D eigenvalue weighted by Gasteiger charge is 2.12. The Labute approximate surface area is 166 Å². The van der Waals surface area contributed by atoms with E-state index in [1.807, 2.05) is 0 Å². The molecule has 6 nitrogen and oxygen atoms in total. The molecule has 0 aliphatic rings. The monoisotopic (exact) mass is 398 g/mol. The van der Waals surface area contributed by atoms with Crippen LogP contribution in [0.3, 0.4) is 0 Å². The number of carbonyl (C=O) groups is 2. The summed E-state index contributed by atoms with van der Waals surface area (Å²) in [4.78, 5) is 24.4. The fourth-order valence-electron chi connectivity index (χ4n) is 2.76. The second-order valence-electron chi connectivity index (χ2n) is 6.63. The van der Waals surface area contributed by atoms with Gasteiger partial charge in [-0.15, -0.1) is 0 Å². The van der Waals surface area contributed by atoms with Crippen molar-refractivity contribution >= 4 is 23.2 Å². The Balaban J connectivity index is 1.55. The van der Waals surface area contributed by atoms with E-state index in [4.69, 9.17) is 0 Å². The van der Waals surface area contributed by atoms with Gasteiger partial charge in [0.25, 0.3) is 5.91 Å². The molecular weight excluding hydrogens is 378 g/mol. The van der Waals surface area contributed by atoms with Crippen LogP contribution in [0.1, 0.15) is 28.0 Å². The van der Waals surface area contributed by atoms with Gasteiger partial charge in [-0.05, 0) is 67.4 Å². The standard InChI is InChI=1S/C21H20F2N4O2/c1-13-11-15(22)3-5-17(13)24-20(28)8-10-27-9-7-19(26-27)21(29)25-18-6-4-16(23)12-14(18)2/h3-7,9,11-12H,8,10H2,1-2H3,(H,24,28)(H,25,29). The number of aryl methyl sites for hydroxylation is 3. The zero-order valence-electron chi connectivity index (χ0n) is 16.0. The van der Waals surface area contributed by atoms with Crippen molar-refractivity contribution in [3.8, 4) is 0 Å². The quantitative estimate of drug-likeness (QED) is 0.658. The Bertz CT molecular complexity index is 1060. The highest BCUT2D eigenvalue weighted by molar-refractivity contribution is 6.03. The van der Waals surface area contributed by atoms with Gasteiger partial charge in [0.1, 0.15) is 11.6 Å². The molecule has 0 aliphatic carbocycles. The molecule has 0 bridgehead atoms. The van der Waals surface area contributed by atoms with E-state index in [2.05, 4.69) is 15.7 Å². The average molecular weight is 398 g/mol. The third-order valence-electron chi connectivity index (χ3n) is 4.34. The molecule has 29 heavy (non-hydrogen) atoms. The van der Waals surface area contributed by atoms with Crippen molar-refractivity contribution in [1.29, 1.82) is 0 Å². The molecule has 150 valence electrons. The first-order chi connectivity index (χ1) is 13.8. The summed E-state index contributed by atoms with van der Waals surface area (Å²) in [5.74, 6) is -1.41. The van der Waals surface area contributed by atoms with Gasteiger partial charge in [-0.25, -0.2) is 8.78 Å². The maximum Gasteiger partial charge on any atom is 0.276 e. The maximum atomic E-state index is 13.2. The van der Waals surface area contributed by atoms with E-state index in [1.165, 1.54) is 47.1 Å². The molecule has 1 aromatic heterocycles. The van der Waals surface area contributed by atoms with Crippen molar-refractivity contribution in [1.82, 2.24) is 9.78 Å². The van der Waals surface area contributed by atoms with Crippen LogP contribution >= 0.6 is 0 Å². The zero-order valence-corrected chi connectivity index (χ0v) is 16.0. The largest absolute Gasteiger partial charge is 0.326 e. The number of amides is 2. The fourth-order valence-corrected chi connectivity index (χ4v) is 2.76. The predicted octanol–water partition coefficient (Wildman–Crippen LogP) is 4.06. The molecular formula is C21H20F2N4O2.